The lowest BCUT2D eigenvalue weighted by Gasteiger charge is -2.26. The Balaban J connectivity index is 2.33. The molecule has 1 amide bonds. The van der Waals surface area contributed by atoms with Gasteiger partial charge in [0.1, 0.15) is 0 Å². The molecular weight excluding hydrogens is 356 g/mol. The second kappa shape index (κ2) is 6.89. The highest BCUT2D eigenvalue weighted by Crippen LogP contribution is 2.29. The van der Waals surface area contributed by atoms with E-state index in [2.05, 4.69) is 21.2 Å². The van der Waals surface area contributed by atoms with Gasteiger partial charge in [-0.2, -0.15) is 4.31 Å². The number of nitrogens with one attached hydrogen (secondary N) is 1. The molecule has 1 N–H and O–H groups in total. The molecular formula is C14H19BrN2O3S. The van der Waals surface area contributed by atoms with Crippen molar-refractivity contribution in [2.24, 2.45) is 0 Å². The Morgan fingerprint density at radius 3 is 2.57 bits per heavy atom. The molecule has 0 aliphatic carbocycles. The van der Waals surface area contributed by atoms with E-state index in [1.807, 2.05) is 0 Å². The molecule has 1 aromatic rings. The van der Waals surface area contributed by atoms with Crippen LogP contribution in [-0.2, 0) is 14.8 Å². The lowest BCUT2D eigenvalue weighted by atomic mass is 10.2. The molecule has 1 fully saturated rings. The Bertz CT molecular complexity index is 625. The third-order valence-electron chi connectivity index (χ3n) is 3.47. The van der Waals surface area contributed by atoms with Crippen LogP contribution in [0.1, 0.15) is 32.6 Å². The minimum atomic E-state index is -3.52. The second-order valence-corrected chi connectivity index (χ2v) is 7.77. The van der Waals surface area contributed by atoms with Crippen LogP contribution in [0.5, 0.6) is 0 Å². The summed E-state index contributed by atoms with van der Waals surface area (Å²) in [4.78, 5) is 11.7. The molecule has 1 aromatic carbocycles. The Morgan fingerprint density at radius 1 is 1.29 bits per heavy atom. The van der Waals surface area contributed by atoms with Crippen molar-refractivity contribution in [3.63, 3.8) is 0 Å². The highest BCUT2D eigenvalue weighted by atomic mass is 79.9. The van der Waals surface area contributed by atoms with Gasteiger partial charge in [-0.15, -0.1) is 0 Å². The first kappa shape index (κ1) is 16.5. The normalized spacial score (nSPS) is 16.7. The molecule has 1 aliphatic rings. The van der Waals surface area contributed by atoms with Gasteiger partial charge in [0.25, 0.3) is 0 Å². The molecule has 21 heavy (non-hydrogen) atoms. The molecule has 0 unspecified atom stereocenters. The fraction of sp³-hybridized carbons (Fsp3) is 0.500. The maximum atomic E-state index is 12.7. The van der Waals surface area contributed by atoms with Crippen molar-refractivity contribution in [3.05, 3.63) is 22.7 Å². The Hall–Kier alpha value is -0.920. The predicted molar refractivity (Wildman–Crippen MR) is 85.7 cm³/mol. The van der Waals surface area contributed by atoms with E-state index in [0.717, 1.165) is 19.3 Å². The molecule has 5 nitrogen and oxygen atoms in total. The zero-order chi connectivity index (χ0) is 15.5. The van der Waals surface area contributed by atoms with Crippen LogP contribution in [0, 0.1) is 0 Å². The van der Waals surface area contributed by atoms with Crippen LogP contribution >= 0.6 is 15.9 Å². The van der Waals surface area contributed by atoms with Crippen LogP contribution in [0.3, 0.4) is 0 Å². The van der Waals surface area contributed by atoms with E-state index in [1.165, 1.54) is 10.4 Å². The summed E-state index contributed by atoms with van der Waals surface area (Å²) in [6, 6.07) is 4.86. The highest BCUT2D eigenvalue weighted by molar-refractivity contribution is 9.10. The van der Waals surface area contributed by atoms with Crippen molar-refractivity contribution in [3.8, 4) is 0 Å². The smallest absolute Gasteiger partial charge is 0.244 e. The second-order valence-electron chi connectivity index (χ2n) is 5.01. The largest absolute Gasteiger partial charge is 0.326 e. The third-order valence-corrected chi connectivity index (χ3v) is 6.36. The zero-order valence-corrected chi connectivity index (χ0v) is 14.3. The average molecular weight is 375 g/mol. The predicted octanol–water partition coefficient (Wildman–Crippen LogP) is 2.97. The van der Waals surface area contributed by atoms with Gasteiger partial charge in [-0.1, -0.05) is 13.3 Å². The lowest BCUT2D eigenvalue weighted by Crippen LogP contribution is -2.35. The van der Waals surface area contributed by atoms with E-state index in [1.54, 1.807) is 19.1 Å². The maximum absolute atomic E-state index is 12.7. The number of hydrogen-bond donors (Lipinski definition) is 1. The standard InChI is InChI=1S/C14H19BrN2O3S/c1-2-14(18)16-11-6-7-12(15)13(10-11)21(19,20)17-8-4-3-5-9-17/h6-7,10H,2-5,8-9H2,1H3,(H,16,18). The average Bonchev–Trinajstić information content (AvgIpc) is 2.49. The Labute approximate surface area is 133 Å². The van der Waals surface area contributed by atoms with Crippen LogP contribution in [0.15, 0.2) is 27.6 Å². The van der Waals surface area contributed by atoms with Gasteiger partial charge < -0.3 is 5.32 Å². The molecule has 0 atom stereocenters. The van der Waals surface area contributed by atoms with Gasteiger partial charge in [-0.25, -0.2) is 8.42 Å². The van der Waals surface area contributed by atoms with Crippen molar-refractivity contribution in [1.29, 1.82) is 0 Å². The highest BCUT2D eigenvalue weighted by Gasteiger charge is 2.28. The molecule has 0 radical (unpaired) electrons. The number of halogens is 1. The first-order valence-electron chi connectivity index (χ1n) is 7.04. The van der Waals surface area contributed by atoms with E-state index < -0.39 is 10.0 Å². The van der Waals surface area contributed by atoms with E-state index >= 15 is 0 Å². The summed E-state index contributed by atoms with van der Waals surface area (Å²) in [6.07, 6.45) is 3.20. The van der Waals surface area contributed by atoms with E-state index in [9.17, 15) is 13.2 Å². The number of anilines is 1. The van der Waals surface area contributed by atoms with Crippen LogP contribution in [0.4, 0.5) is 5.69 Å². The number of amides is 1. The van der Waals surface area contributed by atoms with E-state index in [-0.39, 0.29) is 10.8 Å². The molecule has 0 spiro atoms. The molecule has 7 heteroatoms. The first-order chi connectivity index (χ1) is 9.95. The van der Waals surface area contributed by atoms with Crippen molar-refractivity contribution < 1.29 is 13.2 Å². The number of piperidine rings is 1. The van der Waals surface area contributed by atoms with Gasteiger partial charge in [-0.05, 0) is 47.0 Å². The summed E-state index contributed by atoms with van der Waals surface area (Å²) in [5.41, 5.74) is 0.501. The van der Waals surface area contributed by atoms with Gasteiger partial charge in [-0.3, -0.25) is 4.79 Å². The summed E-state index contributed by atoms with van der Waals surface area (Å²) >= 11 is 3.30. The molecule has 0 bridgehead atoms. The lowest BCUT2D eigenvalue weighted by molar-refractivity contribution is -0.115. The molecule has 0 saturated carbocycles. The van der Waals surface area contributed by atoms with Crippen molar-refractivity contribution in [1.82, 2.24) is 4.31 Å². The summed E-state index contributed by atoms with van der Waals surface area (Å²) < 4.78 is 27.4. The van der Waals surface area contributed by atoms with Crippen molar-refractivity contribution in [2.75, 3.05) is 18.4 Å². The van der Waals surface area contributed by atoms with Crippen LogP contribution < -0.4 is 5.32 Å². The van der Waals surface area contributed by atoms with Gasteiger partial charge in [0, 0.05) is 29.7 Å². The zero-order valence-electron chi connectivity index (χ0n) is 11.9. The van der Waals surface area contributed by atoms with E-state index in [0.29, 0.717) is 29.7 Å². The van der Waals surface area contributed by atoms with Crippen LogP contribution in [-0.4, -0.2) is 31.7 Å². The quantitative estimate of drug-likeness (QED) is 0.880. The first-order valence-corrected chi connectivity index (χ1v) is 9.28. The van der Waals surface area contributed by atoms with Crippen LogP contribution in [0.25, 0.3) is 0 Å². The minimum Gasteiger partial charge on any atom is -0.326 e. The van der Waals surface area contributed by atoms with E-state index in [4.69, 9.17) is 0 Å². The summed E-state index contributed by atoms with van der Waals surface area (Å²) in [5.74, 6) is -0.140. The molecule has 0 aromatic heterocycles. The topological polar surface area (TPSA) is 66.5 Å². The molecule has 1 saturated heterocycles. The number of hydrogen-bond acceptors (Lipinski definition) is 3. The minimum absolute atomic E-state index is 0.140. The third kappa shape index (κ3) is 3.84. The number of nitrogens with zero attached hydrogens (tertiary/aromatic N) is 1. The van der Waals surface area contributed by atoms with Crippen LogP contribution in [0.2, 0.25) is 0 Å². The SMILES string of the molecule is CCC(=O)Nc1ccc(Br)c(S(=O)(=O)N2CCCCC2)c1. The van der Waals surface area contributed by atoms with Crippen molar-refractivity contribution >= 4 is 37.5 Å². The number of benzene rings is 1. The number of carbonyl (C=O) groups is 1. The summed E-state index contributed by atoms with van der Waals surface area (Å²) in [7, 11) is -3.52. The Morgan fingerprint density at radius 2 is 1.95 bits per heavy atom. The summed E-state index contributed by atoms with van der Waals surface area (Å²) in [6.45, 7) is 2.86. The summed E-state index contributed by atoms with van der Waals surface area (Å²) in [5, 5.41) is 2.69. The van der Waals surface area contributed by atoms with Gasteiger partial charge in [0.2, 0.25) is 15.9 Å². The van der Waals surface area contributed by atoms with Crippen molar-refractivity contribution in [2.45, 2.75) is 37.5 Å². The Kier molecular flexibility index (Phi) is 5.40. The molecule has 116 valence electrons. The monoisotopic (exact) mass is 374 g/mol. The number of sulfonamides is 1. The van der Waals surface area contributed by atoms with Gasteiger partial charge >= 0.3 is 0 Å². The number of rotatable bonds is 4. The maximum Gasteiger partial charge on any atom is 0.244 e. The molecule has 1 aliphatic heterocycles. The fourth-order valence-electron chi connectivity index (χ4n) is 2.27. The molecule has 1 heterocycles. The number of carbonyl (C=O) groups excluding carboxylic acids is 1. The fourth-order valence-corrected chi connectivity index (χ4v) is 4.74. The molecule has 2 rings (SSSR count). The van der Waals surface area contributed by atoms with Gasteiger partial charge in [0.05, 0.1) is 4.90 Å². The van der Waals surface area contributed by atoms with Gasteiger partial charge in [0.15, 0.2) is 0 Å².